The number of sulfonamides is 1. The highest BCUT2D eigenvalue weighted by molar-refractivity contribution is 7.89. The zero-order chi connectivity index (χ0) is 20.5. The molecule has 1 saturated heterocycles. The third kappa shape index (κ3) is 4.10. The van der Waals surface area contributed by atoms with Crippen LogP contribution in [0.4, 0.5) is 4.39 Å². The van der Waals surface area contributed by atoms with Gasteiger partial charge in [-0.15, -0.1) is 0 Å². The first-order valence-corrected chi connectivity index (χ1v) is 10.6. The first-order chi connectivity index (χ1) is 13.2. The lowest BCUT2D eigenvalue weighted by atomic mass is 9.98. The summed E-state index contributed by atoms with van der Waals surface area (Å²) >= 11 is 0. The molecule has 1 aromatic carbocycles. The van der Waals surface area contributed by atoms with Crippen molar-refractivity contribution in [2.24, 2.45) is 5.92 Å². The van der Waals surface area contributed by atoms with Crippen LogP contribution in [0.25, 0.3) is 0 Å². The summed E-state index contributed by atoms with van der Waals surface area (Å²) in [6.45, 7) is 3.88. The van der Waals surface area contributed by atoms with Gasteiger partial charge in [-0.3, -0.25) is 4.79 Å². The Labute approximate surface area is 164 Å². The average Bonchev–Trinajstić information content (AvgIpc) is 3.00. The van der Waals surface area contributed by atoms with Crippen LogP contribution < -0.4 is 0 Å². The van der Waals surface area contributed by atoms with Crippen LogP contribution in [0, 0.1) is 25.6 Å². The molecule has 1 aliphatic rings. The van der Waals surface area contributed by atoms with Gasteiger partial charge in [0.2, 0.25) is 15.9 Å². The van der Waals surface area contributed by atoms with Crippen LogP contribution in [-0.4, -0.2) is 48.8 Å². The molecular formula is C19H24FN3O4S. The van der Waals surface area contributed by atoms with Gasteiger partial charge in [-0.25, -0.2) is 12.8 Å². The SMILES string of the molecule is Cc1noc(C)c1S(=O)(=O)N1CCCC(C(=O)N(C)Cc2cccc(F)c2)C1. The van der Waals surface area contributed by atoms with Crippen molar-refractivity contribution in [3.8, 4) is 0 Å². The zero-order valence-electron chi connectivity index (χ0n) is 16.2. The quantitative estimate of drug-likeness (QED) is 0.758. The number of amides is 1. The lowest BCUT2D eigenvalue weighted by Crippen LogP contribution is -2.45. The maximum Gasteiger partial charge on any atom is 0.248 e. The van der Waals surface area contributed by atoms with E-state index >= 15 is 0 Å². The number of aromatic nitrogens is 1. The summed E-state index contributed by atoms with van der Waals surface area (Å²) in [6.07, 6.45) is 1.20. The van der Waals surface area contributed by atoms with Crippen molar-refractivity contribution in [2.45, 2.75) is 38.1 Å². The van der Waals surface area contributed by atoms with E-state index in [1.54, 1.807) is 33.0 Å². The number of hydrogen-bond donors (Lipinski definition) is 0. The van der Waals surface area contributed by atoms with Gasteiger partial charge in [-0.2, -0.15) is 4.31 Å². The van der Waals surface area contributed by atoms with Gasteiger partial charge in [-0.05, 0) is 44.4 Å². The van der Waals surface area contributed by atoms with Crippen molar-refractivity contribution in [2.75, 3.05) is 20.1 Å². The Kier molecular flexibility index (Phi) is 5.85. The van der Waals surface area contributed by atoms with Crippen LogP contribution in [0.15, 0.2) is 33.7 Å². The molecule has 28 heavy (non-hydrogen) atoms. The average molecular weight is 409 g/mol. The van der Waals surface area contributed by atoms with Gasteiger partial charge in [0.05, 0.1) is 5.92 Å². The first kappa shape index (κ1) is 20.5. The van der Waals surface area contributed by atoms with Crippen molar-refractivity contribution in [1.29, 1.82) is 0 Å². The summed E-state index contributed by atoms with van der Waals surface area (Å²) < 4.78 is 45.7. The van der Waals surface area contributed by atoms with Crippen LogP contribution in [0.1, 0.15) is 29.9 Å². The monoisotopic (exact) mass is 409 g/mol. The second kappa shape index (κ2) is 8.00. The topological polar surface area (TPSA) is 83.7 Å². The summed E-state index contributed by atoms with van der Waals surface area (Å²) in [4.78, 5) is 14.5. The normalized spacial score (nSPS) is 18.2. The van der Waals surface area contributed by atoms with Gasteiger partial charge < -0.3 is 9.42 Å². The molecule has 0 aliphatic carbocycles. The van der Waals surface area contributed by atoms with Crippen LogP contribution in [-0.2, 0) is 21.4 Å². The van der Waals surface area contributed by atoms with Crippen molar-refractivity contribution < 1.29 is 22.1 Å². The predicted octanol–water partition coefficient (Wildman–Crippen LogP) is 2.49. The Morgan fingerprint density at radius 2 is 2.14 bits per heavy atom. The van der Waals surface area contributed by atoms with Gasteiger partial charge >= 0.3 is 0 Å². The number of piperidine rings is 1. The van der Waals surface area contributed by atoms with E-state index in [-0.39, 0.29) is 35.5 Å². The number of carbonyl (C=O) groups is 1. The molecule has 1 amide bonds. The molecular weight excluding hydrogens is 385 g/mol. The van der Waals surface area contributed by atoms with Crippen LogP contribution in [0.5, 0.6) is 0 Å². The molecule has 9 heteroatoms. The summed E-state index contributed by atoms with van der Waals surface area (Å²) in [7, 11) is -2.13. The molecule has 2 heterocycles. The minimum atomic E-state index is -3.78. The van der Waals surface area contributed by atoms with Crippen molar-refractivity contribution in [1.82, 2.24) is 14.4 Å². The fourth-order valence-corrected chi connectivity index (χ4v) is 5.45. The molecule has 152 valence electrons. The van der Waals surface area contributed by atoms with Crippen LogP contribution in [0.3, 0.4) is 0 Å². The number of aryl methyl sites for hydroxylation is 2. The maximum atomic E-state index is 13.4. The van der Waals surface area contributed by atoms with E-state index in [0.29, 0.717) is 30.6 Å². The second-order valence-corrected chi connectivity index (χ2v) is 9.05. The van der Waals surface area contributed by atoms with E-state index in [4.69, 9.17) is 4.52 Å². The molecule has 3 rings (SSSR count). The Hall–Kier alpha value is -2.26. The number of rotatable bonds is 5. The van der Waals surface area contributed by atoms with Gasteiger partial charge in [0.25, 0.3) is 0 Å². The van der Waals surface area contributed by atoms with Gasteiger partial charge in [0.1, 0.15) is 16.4 Å². The third-order valence-corrected chi connectivity index (χ3v) is 7.09. The molecule has 0 spiro atoms. The lowest BCUT2D eigenvalue weighted by Gasteiger charge is -2.33. The molecule has 0 saturated carbocycles. The van der Waals surface area contributed by atoms with Crippen LogP contribution in [0.2, 0.25) is 0 Å². The molecule has 0 bridgehead atoms. The third-order valence-electron chi connectivity index (χ3n) is 4.98. The fourth-order valence-electron chi connectivity index (χ4n) is 3.63. The van der Waals surface area contributed by atoms with E-state index < -0.39 is 15.9 Å². The molecule has 0 N–H and O–H groups in total. The zero-order valence-corrected chi connectivity index (χ0v) is 17.0. The van der Waals surface area contributed by atoms with Crippen molar-refractivity contribution in [3.05, 3.63) is 47.1 Å². The fraction of sp³-hybridized carbons (Fsp3) is 0.474. The predicted molar refractivity (Wildman–Crippen MR) is 100 cm³/mol. The van der Waals surface area contributed by atoms with Gasteiger partial charge in [0, 0.05) is 26.7 Å². The second-order valence-electron chi connectivity index (χ2n) is 7.18. The van der Waals surface area contributed by atoms with E-state index in [9.17, 15) is 17.6 Å². The van der Waals surface area contributed by atoms with E-state index in [0.717, 1.165) is 0 Å². The Morgan fingerprint density at radius 3 is 2.79 bits per heavy atom. The van der Waals surface area contributed by atoms with Gasteiger partial charge in [0.15, 0.2) is 5.76 Å². The van der Waals surface area contributed by atoms with E-state index in [1.165, 1.54) is 21.3 Å². The van der Waals surface area contributed by atoms with Gasteiger partial charge in [-0.1, -0.05) is 17.3 Å². The molecule has 1 fully saturated rings. The largest absolute Gasteiger partial charge is 0.360 e. The summed E-state index contributed by atoms with van der Waals surface area (Å²) in [5.74, 6) is -0.701. The molecule has 1 aromatic heterocycles. The summed E-state index contributed by atoms with van der Waals surface area (Å²) in [6, 6.07) is 6.09. The maximum absolute atomic E-state index is 13.4. The number of nitrogens with zero attached hydrogens (tertiary/aromatic N) is 3. The standard InChI is InChI=1S/C19H24FN3O4S/c1-13-18(14(2)27-21-13)28(25,26)23-9-5-7-16(12-23)19(24)22(3)11-15-6-4-8-17(20)10-15/h4,6,8,10,16H,5,7,9,11-12H2,1-3H3. The molecule has 7 nitrogen and oxygen atoms in total. The Balaban J connectivity index is 1.73. The molecule has 0 radical (unpaired) electrons. The molecule has 2 aromatic rings. The number of hydrogen-bond acceptors (Lipinski definition) is 5. The van der Waals surface area contributed by atoms with Crippen molar-refractivity contribution in [3.63, 3.8) is 0 Å². The Morgan fingerprint density at radius 1 is 1.39 bits per heavy atom. The van der Waals surface area contributed by atoms with E-state index in [2.05, 4.69) is 5.16 Å². The van der Waals surface area contributed by atoms with Crippen molar-refractivity contribution >= 4 is 15.9 Å². The Bertz CT molecular complexity index is 954. The lowest BCUT2D eigenvalue weighted by molar-refractivity contribution is -0.135. The minimum absolute atomic E-state index is 0.0775. The highest BCUT2D eigenvalue weighted by Gasteiger charge is 2.37. The number of carbonyl (C=O) groups excluding carboxylic acids is 1. The smallest absolute Gasteiger partial charge is 0.248 e. The minimum Gasteiger partial charge on any atom is -0.360 e. The molecule has 1 aliphatic heterocycles. The molecule has 1 unspecified atom stereocenters. The first-order valence-electron chi connectivity index (χ1n) is 9.12. The summed E-state index contributed by atoms with van der Waals surface area (Å²) in [5.41, 5.74) is 1.00. The summed E-state index contributed by atoms with van der Waals surface area (Å²) in [5, 5.41) is 3.73. The van der Waals surface area contributed by atoms with E-state index in [1.807, 2.05) is 0 Å². The number of halogens is 1. The number of benzene rings is 1. The molecule has 1 atom stereocenters. The highest BCUT2D eigenvalue weighted by Crippen LogP contribution is 2.28. The van der Waals surface area contributed by atoms with Crippen LogP contribution >= 0.6 is 0 Å². The highest BCUT2D eigenvalue weighted by atomic mass is 32.2.